The van der Waals surface area contributed by atoms with Gasteiger partial charge >= 0.3 is 0 Å². The number of rotatable bonds is 3. The van der Waals surface area contributed by atoms with E-state index in [0.717, 1.165) is 0 Å². The third-order valence-corrected chi connectivity index (χ3v) is 4.67. The first kappa shape index (κ1) is 18.4. The third kappa shape index (κ3) is 4.77. The van der Waals surface area contributed by atoms with Gasteiger partial charge in [-0.05, 0) is 0 Å². The summed E-state index contributed by atoms with van der Waals surface area (Å²) in [5.41, 5.74) is 0.168. The van der Waals surface area contributed by atoms with Crippen LogP contribution in [0.2, 0.25) is 0 Å². The van der Waals surface area contributed by atoms with Crippen LogP contribution in [0.1, 0.15) is 33.4 Å². The maximum Gasteiger partial charge on any atom is 0.231 e. The Kier molecular flexibility index (Phi) is 5.58. The number of piperazine rings is 1. The molecule has 0 atom stereocenters. The summed E-state index contributed by atoms with van der Waals surface area (Å²) in [5.74, 6) is -0.0619. The largest absolute Gasteiger partial charge is 0.339 e. The first-order valence-corrected chi connectivity index (χ1v) is 8.84. The molecule has 1 aromatic heterocycles. The van der Waals surface area contributed by atoms with E-state index < -0.39 is 5.41 Å². The molecule has 1 aromatic rings. The lowest BCUT2D eigenvalue weighted by molar-refractivity contribution is -0.138. The lowest BCUT2D eigenvalue weighted by Crippen LogP contribution is -2.50. The Morgan fingerprint density at radius 3 is 2.29 bits per heavy atom. The predicted molar refractivity (Wildman–Crippen MR) is 92.7 cm³/mol. The van der Waals surface area contributed by atoms with Crippen molar-refractivity contribution in [1.29, 1.82) is 0 Å². The van der Waals surface area contributed by atoms with E-state index in [4.69, 9.17) is 0 Å². The summed E-state index contributed by atoms with van der Waals surface area (Å²) < 4.78 is 0. The smallest absolute Gasteiger partial charge is 0.231 e. The number of hydrogen-bond acceptors (Lipinski definition) is 5. The SMILES string of the molecule is CC(=O)N1CCN(C(=O)Cc2csc(NC(=O)C(C)(C)C)n2)CC1. The molecule has 1 saturated heterocycles. The Hall–Kier alpha value is -1.96. The average Bonchev–Trinajstić information content (AvgIpc) is 2.93. The molecule has 132 valence electrons. The maximum atomic E-state index is 12.3. The zero-order valence-electron chi connectivity index (χ0n) is 14.6. The van der Waals surface area contributed by atoms with E-state index in [1.54, 1.807) is 22.1 Å². The minimum atomic E-state index is -0.488. The van der Waals surface area contributed by atoms with Crippen LogP contribution in [-0.4, -0.2) is 58.7 Å². The Balaban J connectivity index is 1.87. The van der Waals surface area contributed by atoms with Crippen LogP contribution in [0.3, 0.4) is 0 Å². The standard InChI is InChI=1S/C16H24N4O3S/c1-11(21)19-5-7-20(8-6-19)13(22)9-12-10-24-15(17-12)18-14(23)16(2,3)4/h10H,5-9H2,1-4H3,(H,17,18,23). The molecule has 3 amide bonds. The quantitative estimate of drug-likeness (QED) is 0.890. The first-order chi connectivity index (χ1) is 11.2. The van der Waals surface area contributed by atoms with Gasteiger partial charge in [-0.25, -0.2) is 4.98 Å². The zero-order valence-corrected chi connectivity index (χ0v) is 15.4. The Labute approximate surface area is 146 Å². The molecule has 0 saturated carbocycles. The van der Waals surface area contributed by atoms with Gasteiger partial charge in [0.15, 0.2) is 5.13 Å². The molecule has 7 nitrogen and oxygen atoms in total. The molecule has 1 N–H and O–H groups in total. The molecular formula is C16H24N4O3S. The number of anilines is 1. The second-order valence-electron chi connectivity index (χ2n) is 6.91. The van der Waals surface area contributed by atoms with Gasteiger partial charge in [-0.15, -0.1) is 11.3 Å². The van der Waals surface area contributed by atoms with Crippen molar-refractivity contribution >= 4 is 34.2 Å². The molecule has 0 spiro atoms. The number of nitrogens with zero attached hydrogens (tertiary/aromatic N) is 3. The zero-order chi connectivity index (χ0) is 17.9. The summed E-state index contributed by atoms with van der Waals surface area (Å²) in [6.07, 6.45) is 0.210. The summed E-state index contributed by atoms with van der Waals surface area (Å²) in [4.78, 5) is 43.4. The van der Waals surface area contributed by atoms with Gasteiger partial charge in [0.2, 0.25) is 17.7 Å². The van der Waals surface area contributed by atoms with Crippen LogP contribution in [0.25, 0.3) is 0 Å². The highest BCUT2D eigenvalue weighted by atomic mass is 32.1. The number of aromatic nitrogens is 1. The number of nitrogens with one attached hydrogen (secondary N) is 1. The van der Waals surface area contributed by atoms with Crippen molar-refractivity contribution in [3.63, 3.8) is 0 Å². The van der Waals surface area contributed by atoms with Crippen molar-refractivity contribution in [2.24, 2.45) is 5.41 Å². The summed E-state index contributed by atoms with van der Waals surface area (Å²) in [7, 11) is 0. The van der Waals surface area contributed by atoms with E-state index in [-0.39, 0.29) is 24.1 Å². The summed E-state index contributed by atoms with van der Waals surface area (Å²) in [6, 6.07) is 0. The van der Waals surface area contributed by atoms with Crippen LogP contribution in [0.15, 0.2) is 5.38 Å². The van der Waals surface area contributed by atoms with Gasteiger partial charge in [0.05, 0.1) is 12.1 Å². The predicted octanol–water partition coefficient (Wildman–Crippen LogP) is 1.36. The summed E-state index contributed by atoms with van der Waals surface area (Å²) in [6.45, 7) is 9.30. The van der Waals surface area contributed by atoms with Crippen LogP contribution in [0, 0.1) is 5.41 Å². The lowest BCUT2D eigenvalue weighted by atomic mass is 9.96. The molecule has 8 heteroatoms. The van der Waals surface area contributed by atoms with Crippen molar-refractivity contribution < 1.29 is 14.4 Å². The highest BCUT2D eigenvalue weighted by molar-refractivity contribution is 7.13. The topological polar surface area (TPSA) is 82.6 Å². The molecule has 24 heavy (non-hydrogen) atoms. The molecule has 2 heterocycles. The molecule has 0 radical (unpaired) electrons. The van der Waals surface area contributed by atoms with Crippen molar-refractivity contribution in [2.45, 2.75) is 34.1 Å². The molecule has 0 aliphatic carbocycles. The van der Waals surface area contributed by atoms with Gasteiger partial charge in [-0.2, -0.15) is 0 Å². The third-order valence-electron chi connectivity index (χ3n) is 3.86. The van der Waals surface area contributed by atoms with Gasteiger partial charge in [0.25, 0.3) is 0 Å². The Bertz CT molecular complexity index is 628. The highest BCUT2D eigenvalue weighted by Gasteiger charge is 2.24. The molecular weight excluding hydrogens is 328 g/mol. The van der Waals surface area contributed by atoms with Crippen LogP contribution >= 0.6 is 11.3 Å². The number of carbonyl (C=O) groups is 3. The van der Waals surface area contributed by atoms with E-state index in [2.05, 4.69) is 10.3 Å². The van der Waals surface area contributed by atoms with Crippen molar-refractivity contribution in [3.05, 3.63) is 11.1 Å². The highest BCUT2D eigenvalue weighted by Crippen LogP contribution is 2.21. The summed E-state index contributed by atoms with van der Waals surface area (Å²) in [5, 5.41) is 5.08. The van der Waals surface area contributed by atoms with Crippen molar-refractivity contribution in [2.75, 3.05) is 31.5 Å². The van der Waals surface area contributed by atoms with Crippen molar-refractivity contribution in [3.8, 4) is 0 Å². The second kappa shape index (κ2) is 7.29. The van der Waals surface area contributed by atoms with Gasteiger partial charge in [0.1, 0.15) is 0 Å². The fourth-order valence-corrected chi connectivity index (χ4v) is 2.97. The Morgan fingerprint density at radius 2 is 1.75 bits per heavy atom. The van der Waals surface area contributed by atoms with Crippen LogP contribution < -0.4 is 5.32 Å². The van der Waals surface area contributed by atoms with E-state index in [1.165, 1.54) is 11.3 Å². The van der Waals surface area contributed by atoms with Gasteiger partial charge in [0, 0.05) is 43.9 Å². The van der Waals surface area contributed by atoms with Gasteiger partial charge in [-0.3, -0.25) is 14.4 Å². The molecule has 0 unspecified atom stereocenters. The molecule has 0 aromatic carbocycles. The summed E-state index contributed by atoms with van der Waals surface area (Å²) >= 11 is 1.32. The minimum absolute atomic E-state index is 0.00259. The van der Waals surface area contributed by atoms with E-state index >= 15 is 0 Å². The first-order valence-electron chi connectivity index (χ1n) is 7.96. The number of hydrogen-bond donors (Lipinski definition) is 1. The van der Waals surface area contributed by atoms with Crippen molar-refractivity contribution in [1.82, 2.24) is 14.8 Å². The van der Waals surface area contributed by atoms with Crippen LogP contribution in [-0.2, 0) is 20.8 Å². The lowest BCUT2D eigenvalue weighted by Gasteiger charge is -2.34. The normalized spacial score (nSPS) is 15.3. The molecule has 1 aliphatic rings. The molecule has 0 bridgehead atoms. The fourth-order valence-electron chi connectivity index (χ4n) is 2.27. The number of amides is 3. The maximum absolute atomic E-state index is 12.3. The van der Waals surface area contributed by atoms with Gasteiger partial charge < -0.3 is 15.1 Å². The fraction of sp³-hybridized carbons (Fsp3) is 0.625. The van der Waals surface area contributed by atoms with Crippen LogP contribution in [0.4, 0.5) is 5.13 Å². The minimum Gasteiger partial charge on any atom is -0.339 e. The molecule has 2 rings (SSSR count). The van der Waals surface area contributed by atoms with Gasteiger partial charge in [-0.1, -0.05) is 20.8 Å². The molecule has 1 aliphatic heterocycles. The number of thiazole rings is 1. The molecule has 1 fully saturated rings. The van der Waals surface area contributed by atoms with E-state index in [0.29, 0.717) is 37.0 Å². The second-order valence-corrected chi connectivity index (χ2v) is 7.77. The van der Waals surface area contributed by atoms with E-state index in [1.807, 2.05) is 20.8 Å². The monoisotopic (exact) mass is 352 g/mol. The van der Waals surface area contributed by atoms with Crippen LogP contribution in [0.5, 0.6) is 0 Å². The van der Waals surface area contributed by atoms with E-state index in [9.17, 15) is 14.4 Å². The Morgan fingerprint density at radius 1 is 1.17 bits per heavy atom. The number of carbonyl (C=O) groups excluding carboxylic acids is 3. The average molecular weight is 352 g/mol.